The average molecular weight is 484 g/mol. The number of anilines is 1. The van der Waals surface area contributed by atoms with Gasteiger partial charge in [-0.3, -0.25) is 14.5 Å². The zero-order valence-electron chi connectivity index (χ0n) is 15.2. The van der Waals surface area contributed by atoms with Crippen LogP contribution in [0.15, 0.2) is 74.5 Å². The molecule has 148 valence electrons. The number of nitrogens with zero attached hydrogens (tertiary/aromatic N) is 2. The molecule has 1 aliphatic heterocycles. The Hall–Kier alpha value is -3.16. The van der Waals surface area contributed by atoms with E-state index >= 15 is 0 Å². The molecular weight excluding hydrogens is 472 g/mol. The smallest absolute Gasteiger partial charge is 0.296 e. The lowest BCUT2D eigenvalue weighted by Crippen LogP contribution is -2.30. The number of halogens is 2. The molecule has 0 saturated heterocycles. The maximum absolute atomic E-state index is 13.4. The predicted molar refractivity (Wildman–Crippen MR) is 116 cm³/mol. The second-order valence-corrected chi connectivity index (χ2v) is 8.17. The van der Waals surface area contributed by atoms with Crippen LogP contribution in [-0.4, -0.2) is 16.0 Å². The fourth-order valence-corrected chi connectivity index (χ4v) is 4.14. The van der Waals surface area contributed by atoms with Crippen LogP contribution >= 0.6 is 27.5 Å². The molecule has 0 fully saturated rings. The van der Waals surface area contributed by atoms with Gasteiger partial charge in [0.05, 0.1) is 22.0 Å². The first-order chi connectivity index (χ1) is 14.4. The van der Waals surface area contributed by atoms with Gasteiger partial charge in [0.25, 0.3) is 5.91 Å². The van der Waals surface area contributed by atoms with Crippen LogP contribution < -0.4 is 10.3 Å². The van der Waals surface area contributed by atoms with Gasteiger partial charge in [-0.05, 0) is 48.0 Å². The van der Waals surface area contributed by atoms with Gasteiger partial charge in [0, 0.05) is 10.7 Å². The lowest BCUT2D eigenvalue weighted by molar-refractivity contribution is 0.0970. The van der Waals surface area contributed by atoms with Crippen LogP contribution in [-0.2, 0) is 0 Å². The highest BCUT2D eigenvalue weighted by atomic mass is 79.9. The number of benzene rings is 2. The SMILES string of the molecule is O=C1c2oc3ccc(Br)cc3c(=O)c2C(c2ccc(O)cc2)N1c1ccc(Cl)cn1. The van der Waals surface area contributed by atoms with Gasteiger partial charge in [-0.25, -0.2) is 4.98 Å². The fraction of sp³-hybridized carbons (Fsp3) is 0.0455. The Morgan fingerprint density at radius 3 is 2.53 bits per heavy atom. The average Bonchev–Trinajstić information content (AvgIpc) is 3.03. The van der Waals surface area contributed by atoms with Gasteiger partial charge in [0.2, 0.25) is 5.76 Å². The molecule has 1 amide bonds. The largest absolute Gasteiger partial charge is 0.508 e. The predicted octanol–water partition coefficient (Wildman–Crippen LogP) is 5.06. The van der Waals surface area contributed by atoms with E-state index in [4.69, 9.17) is 16.0 Å². The first kappa shape index (κ1) is 18.8. The number of fused-ring (bicyclic) bond motifs is 2. The number of hydrogen-bond acceptors (Lipinski definition) is 5. The molecule has 8 heteroatoms. The van der Waals surface area contributed by atoms with E-state index in [1.54, 1.807) is 42.5 Å². The van der Waals surface area contributed by atoms with Crippen molar-refractivity contribution >= 4 is 50.2 Å². The van der Waals surface area contributed by atoms with Gasteiger partial charge < -0.3 is 9.52 Å². The first-order valence-electron chi connectivity index (χ1n) is 8.94. The second-order valence-electron chi connectivity index (χ2n) is 6.82. The molecule has 3 heterocycles. The Labute approximate surface area is 183 Å². The number of phenolic OH excluding ortho intramolecular Hbond substituents is 1. The molecule has 0 aliphatic carbocycles. The van der Waals surface area contributed by atoms with Crippen LogP contribution in [0.1, 0.15) is 27.7 Å². The number of aromatic nitrogens is 1. The van der Waals surface area contributed by atoms with Crippen LogP contribution in [0, 0.1) is 0 Å². The molecule has 0 bridgehead atoms. The van der Waals surface area contributed by atoms with Gasteiger partial charge in [-0.15, -0.1) is 0 Å². The summed E-state index contributed by atoms with van der Waals surface area (Å²) >= 11 is 9.33. The minimum atomic E-state index is -0.763. The van der Waals surface area contributed by atoms with Gasteiger partial charge in [-0.1, -0.05) is 39.7 Å². The quantitative estimate of drug-likeness (QED) is 0.431. The van der Waals surface area contributed by atoms with Crippen LogP contribution in [0.2, 0.25) is 5.02 Å². The third-order valence-electron chi connectivity index (χ3n) is 5.00. The molecule has 0 saturated carbocycles. The number of pyridine rings is 1. The summed E-state index contributed by atoms with van der Waals surface area (Å²) in [5.41, 5.74) is 0.896. The molecule has 4 aromatic rings. The number of carbonyl (C=O) groups is 1. The van der Waals surface area contributed by atoms with Crippen molar-refractivity contribution in [3.05, 3.63) is 97.4 Å². The molecule has 0 radical (unpaired) electrons. The Bertz CT molecular complexity index is 1370. The number of amides is 1. The topological polar surface area (TPSA) is 83.6 Å². The van der Waals surface area contributed by atoms with Crippen LogP contribution in [0.5, 0.6) is 5.75 Å². The summed E-state index contributed by atoms with van der Waals surface area (Å²) in [6.07, 6.45) is 1.43. The zero-order valence-corrected chi connectivity index (χ0v) is 17.5. The van der Waals surface area contributed by atoms with Crippen molar-refractivity contribution in [1.29, 1.82) is 0 Å². The van der Waals surface area contributed by atoms with E-state index in [0.717, 1.165) is 4.47 Å². The van der Waals surface area contributed by atoms with Crippen molar-refractivity contribution in [2.45, 2.75) is 6.04 Å². The van der Waals surface area contributed by atoms with Crippen molar-refractivity contribution in [2.75, 3.05) is 4.90 Å². The molecule has 1 atom stereocenters. The summed E-state index contributed by atoms with van der Waals surface area (Å²) in [5, 5.41) is 10.5. The van der Waals surface area contributed by atoms with E-state index < -0.39 is 11.9 Å². The number of rotatable bonds is 2. The summed E-state index contributed by atoms with van der Waals surface area (Å²) in [6.45, 7) is 0. The Kier molecular flexibility index (Phi) is 4.38. The summed E-state index contributed by atoms with van der Waals surface area (Å²) in [5.74, 6) is -0.0862. The molecule has 2 aromatic heterocycles. The third-order valence-corrected chi connectivity index (χ3v) is 5.72. The van der Waals surface area contributed by atoms with E-state index in [9.17, 15) is 14.7 Å². The third kappa shape index (κ3) is 2.89. The highest BCUT2D eigenvalue weighted by Crippen LogP contribution is 2.41. The van der Waals surface area contributed by atoms with Crippen LogP contribution in [0.3, 0.4) is 0 Å². The molecule has 1 N–H and O–H groups in total. The maximum atomic E-state index is 13.4. The highest BCUT2D eigenvalue weighted by molar-refractivity contribution is 9.10. The molecule has 30 heavy (non-hydrogen) atoms. The van der Waals surface area contributed by atoms with Gasteiger partial charge in [0.15, 0.2) is 5.43 Å². The normalized spacial score (nSPS) is 15.6. The lowest BCUT2D eigenvalue weighted by Gasteiger charge is -2.24. The van der Waals surface area contributed by atoms with E-state index in [2.05, 4.69) is 20.9 Å². The number of hydrogen-bond donors (Lipinski definition) is 1. The van der Waals surface area contributed by atoms with Crippen molar-refractivity contribution in [2.24, 2.45) is 0 Å². The Morgan fingerprint density at radius 1 is 1.07 bits per heavy atom. The Morgan fingerprint density at radius 2 is 1.83 bits per heavy atom. The van der Waals surface area contributed by atoms with Crippen LogP contribution in [0.4, 0.5) is 5.82 Å². The summed E-state index contributed by atoms with van der Waals surface area (Å²) in [4.78, 5) is 32.5. The van der Waals surface area contributed by atoms with Crippen molar-refractivity contribution in [3.8, 4) is 5.75 Å². The minimum absolute atomic E-state index is 0.0235. The minimum Gasteiger partial charge on any atom is -0.508 e. The number of aromatic hydroxyl groups is 1. The van der Waals surface area contributed by atoms with E-state index in [1.165, 1.54) is 23.2 Å². The van der Waals surface area contributed by atoms with E-state index in [1.807, 2.05) is 0 Å². The number of carbonyl (C=O) groups excluding carboxylic acids is 1. The lowest BCUT2D eigenvalue weighted by atomic mass is 9.98. The molecular formula is C22H12BrClN2O4. The van der Waals surface area contributed by atoms with Gasteiger partial charge >= 0.3 is 0 Å². The van der Waals surface area contributed by atoms with Gasteiger partial charge in [-0.2, -0.15) is 0 Å². The summed E-state index contributed by atoms with van der Waals surface area (Å²) in [7, 11) is 0. The van der Waals surface area contributed by atoms with Crippen molar-refractivity contribution in [3.63, 3.8) is 0 Å². The van der Waals surface area contributed by atoms with E-state index in [0.29, 0.717) is 27.4 Å². The monoisotopic (exact) mass is 482 g/mol. The Balaban J connectivity index is 1.81. The van der Waals surface area contributed by atoms with Crippen molar-refractivity contribution < 1.29 is 14.3 Å². The summed E-state index contributed by atoms with van der Waals surface area (Å²) in [6, 6.07) is 13.9. The molecule has 6 nitrogen and oxygen atoms in total. The molecule has 1 aliphatic rings. The first-order valence-corrected chi connectivity index (χ1v) is 10.1. The maximum Gasteiger partial charge on any atom is 0.296 e. The van der Waals surface area contributed by atoms with E-state index in [-0.39, 0.29) is 22.5 Å². The molecule has 1 unspecified atom stereocenters. The second kappa shape index (κ2) is 6.97. The summed E-state index contributed by atoms with van der Waals surface area (Å²) < 4.78 is 6.61. The van der Waals surface area contributed by atoms with Crippen molar-refractivity contribution in [1.82, 2.24) is 4.98 Å². The van der Waals surface area contributed by atoms with Crippen LogP contribution in [0.25, 0.3) is 11.0 Å². The number of phenols is 1. The molecule has 2 aromatic carbocycles. The highest BCUT2D eigenvalue weighted by Gasteiger charge is 2.44. The standard InChI is InChI=1S/C22H12BrClN2O4/c23-12-3-7-16-15(9-12)20(28)18-19(11-1-5-14(27)6-2-11)26(22(29)21(18)30-16)17-8-4-13(24)10-25-17/h1-10,19,27H. The molecule has 0 spiro atoms. The van der Waals surface area contributed by atoms with Gasteiger partial charge in [0.1, 0.15) is 17.2 Å². The molecule has 5 rings (SSSR count). The fourth-order valence-electron chi connectivity index (χ4n) is 3.66. The zero-order chi connectivity index (χ0) is 21.0.